The number of nitriles is 1. The first-order chi connectivity index (χ1) is 14.1. The molecule has 5 rings (SSSR count). The number of anilines is 1. The maximum absolute atomic E-state index is 9.23. The number of nitrogens with zero attached hydrogens (tertiary/aromatic N) is 6. The van der Waals surface area contributed by atoms with E-state index in [1.54, 1.807) is 24.5 Å². The molecule has 2 aromatic carbocycles. The minimum absolute atomic E-state index is 0.525. The van der Waals surface area contributed by atoms with E-state index in [0.29, 0.717) is 22.9 Å². The van der Waals surface area contributed by atoms with Crippen molar-refractivity contribution < 1.29 is 0 Å². The number of benzene rings is 2. The van der Waals surface area contributed by atoms with Gasteiger partial charge in [-0.2, -0.15) is 5.26 Å². The van der Waals surface area contributed by atoms with Crippen LogP contribution in [-0.4, -0.2) is 24.6 Å². The van der Waals surface area contributed by atoms with Crippen LogP contribution in [0.3, 0.4) is 0 Å². The molecule has 0 spiro atoms. The topological polar surface area (TPSA) is 106 Å². The van der Waals surface area contributed by atoms with Crippen LogP contribution in [0.25, 0.3) is 39.2 Å². The fourth-order valence-electron chi connectivity index (χ4n) is 3.39. The molecule has 2 N–H and O–H groups in total. The predicted octanol–water partition coefficient (Wildman–Crippen LogP) is 3.77. The van der Waals surface area contributed by atoms with Gasteiger partial charge in [0.15, 0.2) is 11.5 Å². The van der Waals surface area contributed by atoms with Crippen molar-refractivity contribution in [2.45, 2.75) is 6.92 Å². The van der Waals surface area contributed by atoms with Gasteiger partial charge in [-0.3, -0.25) is 9.38 Å². The van der Waals surface area contributed by atoms with Gasteiger partial charge >= 0.3 is 0 Å². The Morgan fingerprint density at radius 2 is 1.83 bits per heavy atom. The molecular formula is C22H15N7. The number of aryl methyl sites for hydroxylation is 1. The molecule has 7 heteroatoms. The van der Waals surface area contributed by atoms with Crippen LogP contribution in [0.5, 0.6) is 0 Å². The summed E-state index contributed by atoms with van der Waals surface area (Å²) in [5.41, 5.74) is 12.5. The summed E-state index contributed by atoms with van der Waals surface area (Å²) < 4.78 is 1.96. The first-order valence-corrected chi connectivity index (χ1v) is 9.01. The molecular weight excluding hydrogens is 362 g/mol. The van der Waals surface area contributed by atoms with E-state index in [1.165, 1.54) is 0 Å². The van der Waals surface area contributed by atoms with Gasteiger partial charge in [0.25, 0.3) is 0 Å². The fraction of sp³-hybridized carbons (Fsp3) is 0.0455. The number of aromatic nitrogens is 5. The maximum atomic E-state index is 9.23. The number of pyridine rings is 1. The molecule has 3 aromatic heterocycles. The molecule has 0 saturated heterocycles. The zero-order valence-corrected chi connectivity index (χ0v) is 15.5. The predicted molar refractivity (Wildman–Crippen MR) is 111 cm³/mol. The van der Waals surface area contributed by atoms with Crippen molar-refractivity contribution in [1.82, 2.24) is 24.6 Å². The lowest BCUT2D eigenvalue weighted by Gasteiger charge is -2.08. The van der Waals surface area contributed by atoms with Gasteiger partial charge in [0.1, 0.15) is 5.82 Å². The van der Waals surface area contributed by atoms with Crippen molar-refractivity contribution in [3.63, 3.8) is 0 Å². The minimum Gasteiger partial charge on any atom is -0.383 e. The second-order valence-corrected chi connectivity index (χ2v) is 6.80. The van der Waals surface area contributed by atoms with Crippen molar-refractivity contribution in [3.8, 4) is 28.6 Å². The van der Waals surface area contributed by atoms with Gasteiger partial charge < -0.3 is 5.73 Å². The van der Waals surface area contributed by atoms with Crippen molar-refractivity contribution >= 4 is 22.5 Å². The Bertz CT molecular complexity index is 1440. The summed E-state index contributed by atoms with van der Waals surface area (Å²) in [5.74, 6) is 1.19. The number of hydrogen-bond donors (Lipinski definition) is 1. The summed E-state index contributed by atoms with van der Waals surface area (Å²) in [6, 6.07) is 17.5. The molecule has 0 unspecified atom stereocenters. The minimum atomic E-state index is 0.525. The van der Waals surface area contributed by atoms with Gasteiger partial charge in [-0.15, -0.1) is 10.2 Å². The lowest BCUT2D eigenvalue weighted by molar-refractivity contribution is 1.11. The van der Waals surface area contributed by atoms with Gasteiger partial charge in [0.2, 0.25) is 0 Å². The molecule has 5 aromatic rings. The second kappa shape index (κ2) is 6.39. The highest BCUT2D eigenvalue weighted by Crippen LogP contribution is 2.28. The number of hydrogen-bond acceptors (Lipinski definition) is 6. The Morgan fingerprint density at radius 3 is 2.66 bits per heavy atom. The summed E-state index contributed by atoms with van der Waals surface area (Å²) >= 11 is 0. The van der Waals surface area contributed by atoms with Crippen molar-refractivity contribution in [2.75, 3.05) is 5.73 Å². The van der Waals surface area contributed by atoms with Gasteiger partial charge in [-0.25, -0.2) is 4.98 Å². The first-order valence-electron chi connectivity index (χ1n) is 9.01. The number of fused-ring (bicyclic) bond motifs is 3. The summed E-state index contributed by atoms with van der Waals surface area (Å²) in [4.78, 5) is 8.78. The molecule has 0 bridgehead atoms. The fourth-order valence-corrected chi connectivity index (χ4v) is 3.39. The Kier molecular flexibility index (Phi) is 3.71. The first kappa shape index (κ1) is 16.8. The van der Waals surface area contributed by atoms with Crippen LogP contribution in [-0.2, 0) is 0 Å². The Balaban J connectivity index is 1.78. The largest absolute Gasteiger partial charge is 0.383 e. The molecule has 0 fully saturated rings. The smallest absolute Gasteiger partial charge is 0.180 e. The Morgan fingerprint density at radius 1 is 0.931 bits per heavy atom. The summed E-state index contributed by atoms with van der Waals surface area (Å²) in [5, 5.41) is 17.9. The maximum Gasteiger partial charge on any atom is 0.180 e. The second-order valence-electron chi connectivity index (χ2n) is 6.80. The van der Waals surface area contributed by atoms with Crippen LogP contribution in [0.4, 0.5) is 5.82 Å². The molecule has 0 amide bonds. The molecule has 29 heavy (non-hydrogen) atoms. The number of rotatable bonds is 2. The van der Waals surface area contributed by atoms with Crippen LogP contribution in [0, 0.1) is 18.3 Å². The van der Waals surface area contributed by atoms with Gasteiger partial charge in [0.05, 0.1) is 28.9 Å². The van der Waals surface area contributed by atoms with E-state index < -0.39 is 0 Å². The molecule has 138 valence electrons. The third kappa shape index (κ3) is 2.75. The number of nitrogens with two attached hydrogens (primary N) is 1. The van der Waals surface area contributed by atoms with Crippen LogP contribution in [0.1, 0.15) is 11.1 Å². The van der Waals surface area contributed by atoms with Crippen LogP contribution in [0.2, 0.25) is 0 Å². The zero-order valence-electron chi connectivity index (χ0n) is 15.5. The average Bonchev–Trinajstić information content (AvgIpc) is 3.20. The SMILES string of the molecule is Cc1cc(-c2ccc3ncc4nnc(-c5cccc(C#N)c5)n4c3c2)cnc1N. The van der Waals surface area contributed by atoms with Crippen molar-refractivity contribution in [3.05, 3.63) is 72.1 Å². The van der Waals surface area contributed by atoms with E-state index in [1.807, 2.05) is 47.7 Å². The molecule has 0 radical (unpaired) electrons. The van der Waals surface area contributed by atoms with Gasteiger partial charge in [-0.1, -0.05) is 18.2 Å². The molecule has 0 aliphatic rings. The van der Waals surface area contributed by atoms with E-state index in [-0.39, 0.29) is 0 Å². The molecule has 7 nitrogen and oxygen atoms in total. The average molecular weight is 377 g/mol. The Hall–Kier alpha value is -4.31. The molecule has 0 saturated carbocycles. The van der Waals surface area contributed by atoms with E-state index in [9.17, 15) is 5.26 Å². The highest BCUT2D eigenvalue weighted by molar-refractivity contribution is 5.85. The molecule has 0 aliphatic carbocycles. The normalized spacial score (nSPS) is 11.0. The van der Waals surface area contributed by atoms with Crippen LogP contribution in [0.15, 0.2) is 60.9 Å². The standard InChI is InChI=1S/C22H15N7/c1-13-7-17(11-26-21(13)24)15-5-6-18-19(9-15)29-20(12-25-18)27-28-22(29)16-4-2-3-14(8-16)10-23/h2-9,11-12H,1H3,(H2,24,26). The quantitative estimate of drug-likeness (QED) is 0.502. The van der Waals surface area contributed by atoms with Crippen molar-refractivity contribution in [2.24, 2.45) is 0 Å². The summed E-state index contributed by atoms with van der Waals surface area (Å²) in [6.45, 7) is 1.94. The van der Waals surface area contributed by atoms with Crippen LogP contribution < -0.4 is 5.73 Å². The number of nitrogen functional groups attached to an aromatic ring is 1. The summed E-state index contributed by atoms with van der Waals surface area (Å²) in [6.07, 6.45) is 3.46. The lowest BCUT2D eigenvalue weighted by Crippen LogP contribution is -1.96. The highest BCUT2D eigenvalue weighted by Gasteiger charge is 2.13. The van der Waals surface area contributed by atoms with E-state index in [0.717, 1.165) is 33.3 Å². The van der Waals surface area contributed by atoms with Gasteiger partial charge in [-0.05, 0) is 48.4 Å². The lowest BCUT2D eigenvalue weighted by atomic mass is 10.0. The molecule has 0 aliphatic heterocycles. The molecule has 0 atom stereocenters. The Labute approximate surface area is 166 Å². The van der Waals surface area contributed by atoms with E-state index >= 15 is 0 Å². The van der Waals surface area contributed by atoms with Crippen LogP contribution >= 0.6 is 0 Å². The monoisotopic (exact) mass is 377 g/mol. The van der Waals surface area contributed by atoms with Crippen molar-refractivity contribution in [1.29, 1.82) is 5.26 Å². The third-order valence-electron chi connectivity index (χ3n) is 4.93. The summed E-state index contributed by atoms with van der Waals surface area (Å²) in [7, 11) is 0. The highest BCUT2D eigenvalue weighted by atomic mass is 15.3. The third-order valence-corrected chi connectivity index (χ3v) is 4.93. The van der Waals surface area contributed by atoms with E-state index in [2.05, 4.69) is 26.2 Å². The zero-order chi connectivity index (χ0) is 20.0. The molecule has 3 heterocycles. The van der Waals surface area contributed by atoms with E-state index in [4.69, 9.17) is 5.73 Å². The van der Waals surface area contributed by atoms with Gasteiger partial charge in [0, 0.05) is 17.3 Å².